The standard InChI is InChI=1S/C24H30O2S2/c1-23(2)21(27-17-11-7-5-8-12-17)15-19(25-23)20-16-22(24(3,4)26-20)28-18-13-9-6-10-14-18/h5-14,19-22H,15-16H2,1-4H3/t19-,20-,21-,22-/m1/s1. The second-order valence-corrected chi connectivity index (χ2v) is 11.4. The number of hydrogen-bond acceptors (Lipinski definition) is 4. The Morgan fingerprint density at radius 1 is 0.643 bits per heavy atom. The Labute approximate surface area is 177 Å². The average molecular weight is 415 g/mol. The lowest BCUT2D eigenvalue weighted by Crippen LogP contribution is -2.33. The average Bonchev–Trinajstić information content (AvgIpc) is 3.12. The van der Waals surface area contributed by atoms with Crippen LogP contribution in [-0.4, -0.2) is 33.9 Å². The van der Waals surface area contributed by atoms with Crippen LogP contribution in [0.15, 0.2) is 70.5 Å². The summed E-state index contributed by atoms with van der Waals surface area (Å²) in [6.07, 6.45) is 2.40. The number of ether oxygens (including phenoxy) is 2. The number of hydrogen-bond donors (Lipinski definition) is 0. The van der Waals surface area contributed by atoms with Gasteiger partial charge in [-0.15, -0.1) is 23.5 Å². The molecule has 0 N–H and O–H groups in total. The lowest BCUT2D eigenvalue weighted by molar-refractivity contribution is -0.109. The van der Waals surface area contributed by atoms with Gasteiger partial charge in [-0.2, -0.15) is 0 Å². The molecule has 2 heterocycles. The third-order valence-electron chi connectivity index (χ3n) is 5.81. The molecule has 2 aromatic carbocycles. The van der Waals surface area contributed by atoms with E-state index in [1.54, 1.807) is 0 Å². The fourth-order valence-electron chi connectivity index (χ4n) is 4.18. The monoisotopic (exact) mass is 414 g/mol. The summed E-state index contributed by atoms with van der Waals surface area (Å²) in [7, 11) is 0. The van der Waals surface area contributed by atoms with Gasteiger partial charge >= 0.3 is 0 Å². The Morgan fingerprint density at radius 3 is 1.36 bits per heavy atom. The SMILES string of the molecule is CC1(C)O[C@@H]([C@H]2C[C@@H](Sc3ccccc3)C(C)(C)O2)C[C@H]1Sc1ccccc1. The van der Waals surface area contributed by atoms with Crippen LogP contribution in [0.2, 0.25) is 0 Å². The highest BCUT2D eigenvalue weighted by Gasteiger charge is 2.51. The van der Waals surface area contributed by atoms with E-state index in [1.807, 2.05) is 23.5 Å². The molecule has 0 aliphatic carbocycles. The molecule has 4 heteroatoms. The van der Waals surface area contributed by atoms with Crippen LogP contribution in [0.4, 0.5) is 0 Å². The highest BCUT2D eigenvalue weighted by Crippen LogP contribution is 2.48. The van der Waals surface area contributed by atoms with Gasteiger partial charge in [-0.05, 0) is 64.8 Å². The normalized spacial score (nSPS) is 31.1. The minimum absolute atomic E-state index is 0.149. The van der Waals surface area contributed by atoms with Gasteiger partial charge in [0.25, 0.3) is 0 Å². The van der Waals surface area contributed by atoms with Crippen LogP contribution in [0.25, 0.3) is 0 Å². The largest absolute Gasteiger partial charge is 0.368 e. The Kier molecular flexibility index (Phi) is 5.85. The van der Waals surface area contributed by atoms with Crippen LogP contribution < -0.4 is 0 Å². The maximum absolute atomic E-state index is 6.55. The van der Waals surface area contributed by atoms with Gasteiger partial charge in [0.15, 0.2) is 0 Å². The zero-order valence-electron chi connectivity index (χ0n) is 17.1. The quantitative estimate of drug-likeness (QED) is 0.560. The lowest BCUT2D eigenvalue weighted by atomic mass is 10.0. The van der Waals surface area contributed by atoms with E-state index in [1.165, 1.54) is 9.79 Å². The summed E-state index contributed by atoms with van der Waals surface area (Å²) in [6, 6.07) is 21.3. The zero-order valence-corrected chi connectivity index (χ0v) is 18.8. The minimum Gasteiger partial charge on any atom is -0.368 e. The first kappa shape index (κ1) is 20.3. The predicted octanol–water partition coefficient (Wildman–Crippen LogP) is 6.44. The van der Waals surface area contributed by atoms with Crippen molar-refractivity contribution >= 4 is 23.5 Å². The molecule has 0 bridgehead atoms. The summed E-state index contributed by atoms with van der Waals surface area (Å²) in [5, 5.41) is 0.875. The van der Waals surface area contributed by atoms with Gasteiger partial charge in [-0.3, -0.25) is 0 Å². The van der Waals surface area contributed by atoms with Crippen molar-refractivity contribution in [3.63, 3.8) is 0 Å². The molecular formula is C24H30O2S2. The maximum Gasteiger partial charge on any atom is 0.0857 e. The van der Waals surface area contributed by atoms with Crippen molar-refractivity contribution in [3.8, 4) is 0 Å². The van der Waals surface area contributed by atoms with E-state index in [0.29, 0.717) is 10.5 Å². The van der Waals surface area contributed by atoms with Gasteiger partial charge in [0.2, 0.25) is 0 Å². The van der Waals surface area contributed by atoms with Crippen molar-refractivity contribution in [2.24, 2.45) is 0 Å². The van der Waals surface area contributed by atoms with Crippen molar-refractivity contribution < 1.29 is 9.47 Å². The molecule has 2 aliphatic heterocycles. The first-order valence-corrected chi connectivity index (χ1v) is 11.9. The maximum atomic E-state index is 6.55. The Morgan fingerprint density at radius 2 is 1.00 bits per heavy atom. The predicted molar refractivity (Wildman–Crippen MR) is 119 cm³/mol. The van der Waals surface area contributed by atoms with E-state index < -0.39 is 0 Å². The van der Waals surface area contributed by atoms with Gasteiger partial charge in [0, 0.05) is 20.3 Å². The van der Waals surface area contributed by atoms with Crippen molar-refractivity contribution in [1.82, 2.24) is 0 Å². The molecule has 4 rings (SSSR count). The number of rotatable bonds is 5. The second kappa shape index (κ2) is 8.06. The van der Waals surface area contributed by atoms with E-state index in [9.17, 15) is 0 Å². The first-order valence-electron chi connectivity index (χ1n) is 10.1. The van der Waals surface area contributed by atoms with E-state index >= 15 is 0 Å². The van der Waals surface area contributed by atoms with Gasteiger partial charge in [-0.25, -0.2) is 0 Å². The molecule has 0 aromatic heterocycles. The molecule has 2 fully saturated rings. The van der Waals surface area contributed by atoms with E-state index in [0.717, 1.165) is 12.8 Å². The van der Waals surface area contributed by atoms with E-state index in [-0.39, 0.29) is 23.4 Å². The third kappa shape index (κ3) is 4.46. The van der Waals surface area contributed by atoms with Gasteiger partial charge in [0.1, 0.15) is 0 Å². The summed E-state index contributed by atoms with van der Waals surface area (Å²) in [6.45, 7) is 8.90. The van der Waals surface area contributed by atoms with Crippen LogP contribution in [0.3, 0.4) is 0 Å². The van der Waals surface area contributed by atoms with Crippen LogP contribution in [0, 0.1) is 0 Å². The Balaban J connectivity index is 1.43. The Bertz CT molecular complexity index is 708. The highest BCUT2D eigenvalue weighted by molar-refractivity contribution is 8.00. The third-order valence-corrected chi connectivity index (χ3v) is 8.99. The molecule has 0 radical (unpaired) electrons. The summed E-state index contributed by atoms with van der Waals surface area (Å²) in [4.78, 5) is 2.63. The van der Waals surface area contributed by atoms with E-state index in [4.69, 9.17) is 9.47 Å². The van der Waals surface area contributed by atoms with Gasteiger partial charge < -0.3 is 9.47 Å². The van der Waals surface area contributed by atoms with Crippen LogP contribution in [0.5, 0.6) is 0 Å². The summed E-state index contributed by atoms with van der Waals surface area (Å²) < 4.78 is 13.1. The molecule has 28 heavy (non-hydrogen) atoms. The number of thioether (sulfide) groups is 2. The van der Waals surface area contributed by atoms with Crippen molar-refractivity contribution in [1.29, 1.82) is 0 Å². The van der Waals surface area contributed by atoms with Crippen molar-refractivity contribution in [2.45, 2.75) is 84.2 Å². The first-order chi connectivity index (χ1) is 13.3. The van der Waals surface area contributed by atoms with Crippen molar-refractivity contribution in [3.05, 3.63) is 60.7 Å². The van der Waals surface area contributed by atoms with Gasteiger partial charge in [0.05, 0.1) is 23.4 Å². The zero-order chi connectivity index (χ0) is 19.8. The van der Waals surface area contributed by atoms with Crippen molar-refractivity contribution in [2.75, 3.05) is 0 Å². The van der Waals surface area contributed by atoms with Crippen LogP contribution in [0.1, 0.15) is 40.5 Å². The molecule has 2 saturated heterocycles. The molecule has 0 amide bonds. The molecule has 0 unspecified atom stereocenters. The molecule has 0 saturated carbocycles. The van der Waals surface area contributed by atoms with Crippen LogP contribution in [-0.2, 0) is 9.47 Å². The van der Waals surface area contributed by atoms with Gasteiger partial charge in [-0.1, -0.05) is 36.4 Å². The fraction of sp³-hybridized carbons (Fsp3) is 0.500. The van der Waals surface area contributed by atoms with E-state index in [2.05, 4.69) is 88.4 Å². The second-order valence-electron chi connectivity index (χ2n) is 8.83. The molecular weight excluding hydrogens is 384 g/mol. The van der Waals surface area contributed by atoms with Crippen LogP contribution >= 0.6 is 23.5 Å². The summed E-state index contributed by atoms with van der Waals surface area (Å²) in [5.41, 5.74) is -0.299. The fourth-order valence-corrected chi connectivity index (χ4v) is 6.72. The molecule has 2 aliphatic rings. The highest BCUT2D eigenvalue weighted by atomic mass is 32.2. The molecule has 150 valence electrons. The molecule has 0 spiro atoms. The smallest absolute Gasteiger partial charge is 0.0857 e. The molecule has 4 atom stereocenters. The lowest BCUT2D eigenvalue weighted by Gasteiger charge is -2.27. The molecule has 2 aromatic rings. The Hall–Kier alpha value is -0.940. The summed E-state index contributed by atoms with van der Waals surface area (Å²) >= 11 is 3.88. The minimum atomic E-state index is -0.149. The topological polar surface area (TPSA) is 18.5 Å². The summed E-state index contributed by atoms with van der Waals surface area (Å²) in [5.74, 6) is 0. The number of benzene rings is 2. The molecule has 2 nitrogen and oxygen atoms in total.